The van der Waals surface area contributed by atoms with Gasteiger partial charge in [0.25, 0.3) is 0 Å². The van der Waals surface area contributed by atoms with Crippen LogP contribution in [0.25, 0.3) is 0 Å². The van der Waals surface area contributed by atoms with E-state index in [9.17, 15) is 18.0 Å². The molecular formula is C13H21NO6S. The van der Waals surface area contributed by atoms with Gasteiger partial charge < -0.3 is 9.47 Å². The molecule has 0 aromatic carbocycles. The van der Waals surface area contributed by atoms with E-state index in [0.717, 1.165) is 31.4 Å². The van der Waals surface area contributed by atoms with E-state index in [2.05, 4.69) is 9.46 Å². The van der Waals surface area contributed by atoms with Crippen LogP contribution in [-0.4, -0.2) is 45.9 Å². The Balaban J connectivity index is 2.25. The highest BCUT2D eigenvalue weighted by Gasteiger charge is 2.26. The monoisotopic (exact) mass is 319 g/mol. The second kappa shape index (κ2) is 8.78. The summed E-state index contributed by atoms with van der Waals surface area (Å²) in [6.07, 6.45) is 6.16. The van der Waals surface area contributed by atoms with E-state index >= 15 is 0 Å². The van der Waals surface area contributed by atoms with Crippen molar-refractivity contribution >= 4 is 22.0 Å². The van der Waals surface area contributed by atoms with E-state index in [1.807, 2.05) is 0 Å². The highest BCUT2D eigenvalue weighted by atomic mass is 32.2. The summed E-state index contributed by atoms with van der Waals surface area (Å²) >= 11 is 0. The maximum absolute atomic E-state index is 12.0. The number of hydrogen-bond donors (Lipinski definition) is 1. The topological polar surface area (TPSA) is 98.8 Å². The third-order valence-electron chi connectivity index (χ3n) is 3.20. The van der Waals surface area contributed by atoms with Crippen molar-refractivity contribution in [3.8, 4) is 0 Å². The van der Waals surface area contributed by atoms with Gasteiger partial charge in [-0.15, -0.1) is 0 Å². The largest absolute Gasteiger partial charge is 0.466 e. The molecule has 0 heterocycles. The molecule has 0 saturated heterocycles. The van der Waals surface area contributed by atoms with Crippen LogP contribution in [0.1, 0.15) is 32.1 Å². The normalized spacial score (nSPS) is 16.8. The smallest absolute Gasteiger partial charge is 0.331 e. The molecule has 1 N–H and O–H groups in total. The maximum atomic E-state index is 12.0. The first-order valence-corrected chi connectivity index (χ1v) is 8.41. The Morgan fingerprint density at radius 2 is 1.76 bits per heavy atom. The summed E-state index contributed by atoms with van der Waals surface area (Å²) in [4.78, 5) is 21.9. The molecule has 0 unspecified atom stereocenters. The molecule has 0 bridgehead atoms. The fourth-order valence-corrected chi connectivity index (χ4v) is 3.64. The van der Waals surface area contributed by atoms with Crippen LogP contribution >= 0.6 is 0 Å². The van der Waals surface area contributed by atoms with Gasteiger partial charge in [0.2, 0.25) is 10.0 Å². The quantitative estimate of drug-likeness (QED) is 0.417. The summed E-state index contributed by atoms with van der Waals surface area (Å²) in [5, 5.41) is -0.346. The van der Waals surface area contributed by atoms with E-state index in [1.54, 1.807) is 0 Å². The molecule has 1 saturated carbocycles. The number of methoxy groups -OCH3 is 1. The Kier molecular flexibility index (Phi) is 7.38. The van der Waals surface area contributed by atoms with Crippen LogP contribution in [0.5, 0.6) is 0 Å². The van der Waals surface area contributed by atoms with Crippen LogP contribution in [0.3, 0.4) is 0 Å². The second-order valence-electron chi connectivity index (χ2n) is 4.72. The van der Waals surface area contributed by atoms with Gasteiger partial charge in [0, 0.05) is 18.7 Å². The number of carbonyl (C=O) groups excluding carboxylic acids is 2. The van der Waals surface area contributed by atoms with Gasteiger partial charge in [-0.05, 0) is 12.8 Å². The third-order valence-corrected chi connectivity index (χ3v) is 5.15. The molecule has 8 heteroatoms. The summed E-state index contributed by atoms with van der Waals surface area (Å²) in [6, 6.07) is 0. The Bertz CT molecular complexity index is 479. The summed E-state index contributed by atoms with van der Waals surface area (Å²) in [6.45, 7) is -0.0626. The predicted octanol–water partition coefficient (Wildman–Crippen LogP) is 0.511. The zero-order valence-electron chi connectivity index (χ0n) is 12.0. The zero-order chi connectivity index (χ0) is 15.7. The Morgan fingerprint density at radius 1 is 1.14 bits per heavy atom. The second-order valence-corrected chi connectivity index (χ2v) is 6.77. The molecule has 120 valence electrons. The van der Waals surface area contributed by atoms with E-state index in [0.29, 0.717) is 12.8 Å². The SMILES string of the molecule is COC(=O)/C=C/C(=O)OCCNS(=O)(=O)C1CCCCC1. The van der Waals surface area contributed by atoms with Crippen molar-refractivity contribution in [2.45, 2.75) is 37.4 Å². The van der Waals surface area contributed by atoms with Crippen molar-refractivity contribution in [3.63, 3.8) is 0 Å². The summed E-state index contributed by atoms with van der Waals surface area (Å²) < 4.78 is 35.4. The highest BCUT2D eigenvalue weighted by Crippen LogP contribution is 2.22. The van der Waals surface area contributed by atoms with Crippen molar-refractivity contribution in [2.75, 3.05) is 20.3 Å². The molecule has 0 atom stereocenters. The molecule has 1 aliphatic carbocycles. The fraction of sp³-hybridized carbons (Fsp3) is 0.692. The predicted molar refractivity (Wildman–Crippen MR) is 75.9 cm³/mol. The molecule has 0 aromatic rings. The standard InChI is InChI=1S/C13H21NO6S/c1-19-12(15)7-8-13(16)20-10-9-14-21(17,18)11-5-3-2-4-6-11/h7-8,11,14H,2-6,9-10H2,1H3/b8-7+. The minimum absolute atomic E-state index is 0.0244. The molecule has 0 aliphatic heterocycles. The van der Waals surface area contributed by atoms with Gasteiger partial charge in [0.15, 0.2) is 0 Å². The molecule has 1 rings (SSSR count). The van der Waals surface area contributed by atoms with Crippen LogP contribution in [0.4, 0.5) is 0 Å². The average molecular weight is 319 g/mol. The first kappa shape index (κ1) is 17.6. The number of hydrogen-bond acceptors (Lipinski definition) is 6. The number of rotatable bonds is 7. The van der Waals surface area contributed by atoms with Gasteiger partial charge in [-0.2, -0.15) is 0 Å². The zero-order valence-corrected chi connectivity index (χ0v) is 12.9. The van der Waals surface area contributed by atoms with Gasteiger partial charge in [-0.1, -0.05) is 19.3 Å². The average Bonchev–Trinajstić information content (AvgIpc) is 2.50. The van der Waals surface area contributed by atoms with Gasteiger partial charge in [-0.3, -0.25) is 0 Å². The van der Waals surface area contributed by atoms with Gasteiger partial charge in [0.05, 0.1) is 12.4 Å². The van der Waals surface area contributed by atoms with Crippen molar-refractivity contribution < 1.29 is 27.5 Å². The molecule has 0 radical (unpaired) electrons. The van der Waals surface area contributed by atoms with Crippen molar-refractivity contribution in [1.29, 1.82) is 0 Å². The number of nitrogens with one attached hydrogen (secondary N) is 1. The Morgan fingerprint density at radius 3 is 2.38 bits per heavy atom. The third kappa shape index (κ3) is 6.72. The number of sulfonamides is 1. The summed E-state index contributed by atoms with van der Waals surface area (Å²) in [5.41, 5.74) is 0. The Labute approximate surface area is 124 Å². The molecule has 1 fully saturated rings. The molecule has 7 nitrogen and oxygen atoms in total. The minimum atomic E-state index is -3.34. The van der Waals surface area contributed by atoms with E-state index in [4.69, 9.17) is 4.74 Å². The van der Waals surface area contributed by atoms with Crippen molar-refractivity contribution in [3.05, 3.63) is 12.2 Å². The van der Waals surface area contributed by atoms with E-state index in [-0.39, 0.29) is 18.4 Å². The van der Waals surface area contributed by atoms with Crippen LogP contribution in [0.2, 0.25) is 0 Å². The van der Waals surface area contributed by atoms with E-state index in [1.165, 1.54) is 7.11 Å². The molecule has 0 amide bonds. The van der Waals surface area contributed by atoms with Gasteiger partial charge in [-0.25, -0.2) is 22.7 Å². The number of carbonyl (C=O) groups is 2. The van der Waals surface area contributed by atoms with Crippen molar-refractivity contribution in [2.24, 2.45) is 0 Å². The minimum Gasteiger partial charge on any atom is -0.466 e. The first-order chi connectivity index (χ1) is 9.95. The Hall–Kier alpha value is -1.41. The maximum Gasteiger partial charge on any atom is 0.331 e. The first-order valence-electron chi connectivity index (χ1n) is 6.87. The number of ether oxygens (including phenoxy) is 2. The lowest BCUT2D eigenvalue weighted by Crippen LogP contribution is -2.37. The highest BCUT2D eigenvalue weighted by molar-refractivity contribution is 7.90. The van der Waals surface area contributed by atoms with Crippen LogP contribution < -0.4 is 4.72 Å². The summed E-state index contributed by atoms with van der Waals surface area (Å²) in [7, 11) is -2.15. The van der Waals surface area contributed by atoms with E-state index < -0.39 is 22.0 Å². The van der Waals surface area contributed by atoms with Crippen LogP contribution in [0.15, 0.2) is 12.2 Å². The molecule has 0 spiro atoms. The molecule has 21 heavy (non-hydrogen) atoms. The number of esters is 2. The lowest BCUT2D eigenvalue weighted by Gasteiger charge is -2.21. The molecule has 0 aromatic heterocycles. The van der Waals surface area contributed by atoms with Crippen LogP contribution in [0, 0.1) is 0 Å². The van der Waals surface area contributed by atoms with Gasteiger partial charge in [0.1, 0.15) is 6.61 Å². The van der Waals surface area contributed by atoms with Crippen LogP contribution in [-0.2, 0) is 29.1 Å². The molecular weight excluding hydrogens is 298 g/mol. The summed E-state index contributed by atoms with van der Waals surface area (Å²) in [5.74, 6) is -1.39. The molecule has 1 aliphatic rings. The lowest BCUT2D eigenvalue weighted by molar-refractivity contribution is -0.139. The lowest BCUT2D eigenvalue weighted by atomic mass is 10.0. The fourth-order valence-electron chi connectivity index (χ4n) is 2.08. The van der Waals surface area contributed by atoms with Gasteiger partial charge >= 0.3 is 11.9 Å². The van der Waals surface area contributed by atoms with Crippen molar-refractivity contribution in [1.82, 2.24) is 4.72 Å².